The van der Waals surface area contributed by atoms with E-state index in [0.29, 0.717) is 16.7 Å². The summed E-state index contributed by atoms with van der Waals surface area (Å²) in [6.07, 6.45) is 1.27. The van der Waals surface area contributed by atoms with Gasteiger partial charge in [-0.05, 0) is 24.3 Å². The van der Waals surface area contributed by atoms with Crippen LogP contribution in [0.1, 0.15) is 0 Å². The van der Waals surface area contributed by atoms with Crippen molar-refractivity contribution in [2.45, 2.75) is 0 Å². The Balaban J connectivity index is 2.07. The van der Waals surface area contributed by atoms with Gasteiger partial charge in [0, 0.05) is 11.8 Å². The first-order chi connectivity index (χ1) is 10.0. The van der Waals surface area contributed by atoms with Gasteiger partial charge in [0.1, 0.15) is 33.6 Å². The van der Waals surface area contributed by atoms with Crippen LogP contribution in [-0.4, -0.2) is 10.1 Å². The number of benzene rings is 1. The van der Waals surface area contributed by atoms with Gasteiger partial charge in [0.15, 0.2) is 0 Å². The zero-order valence-electron chi connectivity index (χ0n) is 10.4. The predicted octanol–water partition coefficient (Wildman–Crippen LogP) is 3.94. The van der Waals surface area contributed by atoms with E-state index >= 15 is 0 Å². The molecule has 0 saturated heterocycles. The molecular weight excluding hydrogens is 315 g/mol. The third-order valence-corrected chi connectivity index (χ3v) is 3.19. The Morgan fingerprint density at radius 3 is 2.57 bits per heavy atom. The topological polar surface area (TPSA) is 75.4 Å². The molecule has 3 aromatic rings. The molecule has 2 N–H and O–H groups in total. The molecule has 0 aliphatic carbocycles. The molecule has 21 heavy (non-hydrogen) atoms. The smallest absolute Gasteiger partial charge is 0.216 e. The molecule has 7 heteroatoms. The van der Waals surface area contributed by atoms with E-state index in [2.05, 4.69) is 10.3 Å². The number of pyridine rings is 1. The summed E-state index contributed by atoms with van der Waals surface area (Å²) in [5.74, 6) is 0.0269. The van der Waals surface area contributed by atoms with Gasteiger partial charge >= 0.3 is 0 Å². The normalized spacial score (nSPS) is 10.8. The summed E-state index contributed by atoms with van der Waals surface area (Å²) in [5.41, 5.74) is 0.786. The number of halogens is 2. The van der Waals surface area contributed by atoms with Crippen LogP contribution in [-0.2, 0) is 0 Å². The lowest BCUT2D eigenvalue weighted by Crippen LogP contribution is -2.08. The average molecular weight is 323 g/mol. The lowest BCUT2D eigenvalue weighted by atomic mass is 10.2. The molecule has 2 heterocycles. The van der Waals surface area contributed by atoms with Gasteiger partial charge in [0.05, 0.1) is 5.39 Å². The lowest BCUT2D eigenvalue weighted by molar-refractivity contribution is 0.474. The van der Waals surface area contributed by atoms with Crippen LogP contribution in [0.15, 0.2) is 45.8 Å². The molecule has 0 spiro atoms. The van der Waals surface area contributed by atoms with Gasteiger partial charge in [-0.2, -0.15) is 0 Å². The third kappa shape index (κ3) is 2.79. The Labute approximate surface area is 128 Å². The fourth-order valence-electron chi connectivity index (χ4n) is 1.90. The van der Waals surface area contributed by atoms with Gasteiger partial charge in [0.2, 0.25) is 5.43 Å². The highest BCUT2D eigenvalue weighted by molar-refractivity contribution is 6.32. The zero-order chi connectivity index (χ0) is 15.0. The van der Waals surface area contributed by atoms with Crippen molar-refractivity contribution in [1.29, 1.82) is 0 Å². The quantitative estimate of drug-likeness (QED) is 0.699. The highest BCUT2D eigenvalue weighted by atomic mass is 35.5. The maximum absolute atomic E-state index is 12.3. The second-order valence-electron chi connectivity index (χ2n) is 4.29. The van der Waals surface area contributed by atoms with Crippen LogP contribution in [0.4, 0.5) is 11.4 Å². The van der Waals surface area contributed by atoms with Gasteiger partial charge in [-0.15, -0.1) is 0 Å². The summed E-state index contributed by atoms with van der Waals surface area (Å²) in [5, 5.41) is 13.0. The highest BCUT2D eigenvalue weighted by Gasteiger charge is 2.09. The monoisotopic (exact) mass is 322 g/mol. The van der Waals surface area contributed by atoms with Crippen molar-refractivity contribution in [3.8, 4) is 5.75 Å². The molecule has 0 unspecified atom stereocenters. The van der Waals surface area contributed by atoms with Crippen LogP contribution in [0.2, 0.25) is 10.3 Å². The Hall–Kier alpha value is -2.24. The van der Waals surface area contributed by atoms with Crippen LogP contribution in [0.25, 0.3) is 11.0 Å². The first kappa shape index (κ1) is 13.7. The zero-order valence-corrected chi connectivity index (χ0v) is 11.9. The van der Waals surface area contributed by atoms with Crippen molar-refractivity contribution in [2.24, 2.45) is 0 Å². The largest absolute Gasteiger partial charge is 0.508 e. The Bertz CT molecular complexity index is 873. The van der Waals surface area contributed by atoms with Crippen LogP contribution >= 0.6 is 23.2 Å². The number of phenolic OH excluding ortho intramolecular Hbond substituents is 1. The predicted molar refractivity (Wildman–Crippen MR) is 81.7 cm³/mol. The third-order valence-electron chi connectivity index (χ3n) is 2.80. The second kappa shape index (κ2) is 5.27. The summed E-state index contributed by atoms with van der Waals surface area (Å²) in [6.45, 7) is 0. The molecule has 1 aromatic carbocycles. The van der Waals surface area contributed by atoms with Crippen molar-refractivity contribution in [1.82, 2.24) is 4.98 Å². The van der Waals surface area contributed by atoms with Crippen molar-refractivity contribution in [3.05, 3.63) is 57.1 Å². The van der Waals surface area contributed by atoms with Gasteiger partial charge in [-0.1, -0.05) is 23.2 Å². The molecular formula is C14H8Cl2N2O3. The van der Waals surface area contributed by atoms with Crippen molar-refractivity contribution in [2.75, 3.05) is 5.32 Å². The molecule has 2 aromatic heterocycles. The Morgan fingerprint density at radius 2 is 1.86 bits per heavy atom. The molecule has 106 valence electrons. The number of phenols is 1. The Morgan fingerprint density at radius 1 is 1.14 bits per heavy atom. The molecule has 5 nitrogen and oxygen atoms in total. The molecule has 0 aliphatic heterocycles. The van der Waals surface area contributed by atoms with E-state index in [-0.39, 0.29) is 27.2 Å². The van der Waals surface area contributed by atoms with E-state index in [0.717, 1.165) is 0 Å². The van der Waals surface area contributed by atoms with Crippen molar-refractivity contribution >= 4 is 45.5 Å². The molecule has 0 aliphatic rings. The van der Waals surface area contributed by atoms with E-state index in [1.807, 2.05) is 0 Å². The summed E-state index contributed by atoms with van der Waals surface area (Å²) in [4.78, 5) is 16.1. The van der Waals surface area contributed by atoms with Gasteiger partial charge < -0.3 is 14.8 Å². The number of nitrogens with one attached hydrogen (secondary N) is 1. The summed E-state index contributed by atoms with van der Waals surface area (Å²) < 4.78 is 5.33. The van der Waals surface area contributed by atoms with E-state index in [1.165, 1.54) is 36.6 Å². The maximum Gasteiger partial charge on any atom is 0.216 e. The van der Waals surface area contributed by atoms with E-state index < -0.39 is 0 Å². The minimum atomic E-state index is -0.264. The van der Waals surface area contributed by atoms with Gasteiger partial charge in [0.25, 0.3) is 0 Å². The SMILES string of the molecule is O=c1c(Nc2cc(Cl)nc(Cl)c2)coc2cc(O)ccc12. The maximum atomic E-state index is 12.3. The number of hydrogen-bond donors (Lipinski definition) is 2. The van der Waals surface area contributed by atoms with Gasteiger partial charge in [-0.3, -0.25) is 4.79 Å². The number of aromatic hydroxyl groups is 1. The minimum Gasteiger partial charge on any atom is -0.508 e. The molecule has 0 fully saturated rings. The van der Waals surface area contributed by atoms with Crippen LogP contribution in [0.3, 0.4) is 0 Å². The summed E-state index contributed by atoms with van der Waals surface area (Å²) >= 11 is 11.6. The summed E-state index contributed by atoms with van der Waals surface area (Å²) in [6, 6.07) is 7.36. The fraction of sp³-hybridized carbons (Fsp3) is 0. The lowest BCUT2D eigenvalue weighted by Gasteiger charge is -2.07. The molecule has 3 rings (SSSR count). The first-order valence-electron chi connectivity index (χ1n) is 5.87. The van der Waals surface area contributed by atoms with E-state index in [1.54, 1.807) is 0 Å². The number of hydrogen-bond acceptors (Lipinski definition) is 5. The average Bonchev–Trinajstić information content (AvgIpc) is 2.41. The molecule has 0 radical (unpaired) electrons. The number of fused-ring (bicyclic) bond motifs is 1. The van der Waals surface area contributed by atoms with Crippen LogP contribution < -0.4 is 10.7 Å². The first-order valence-corrected chi connectivity index (χ1v) is 6.63. The Kier molecular flexibility index (Phi) is 3.45. The molecule has 0 atom stereocenters. The van der Waals surface area contributed by atoms with E-state index in [4.69, 9.17) is 27.6 Å². The number of nitrogens with zero attached hydrogens (tertiary/aromatic N) is 1. The van der Waals surface area contributed by atoms with Crippen molar-refractivity contribution < 1.29 is 9.52 Å². The number of anilines is 2. The van der Waals surface area contributed by atoms with Crippen molar-refractivity contribution in [3.63, 3.8) is 0 Å². The molecule has 0 bridgehead atoms. The summed E-state index contributed by atoms with van der Waals surface area (Å²) in [7, 11) is 0. The minimum absolute atomic E-state index is 0.0269. The molecule has 0 saturated carbocycles. The fourth-order valence-corrected chi connectivity index (χ4v) is 2.36. The highest BCUT2D eigenvalue weighted by Crippen LogP contribution is 2.23. The molecule has 0 amide bonds. The van der Waals surface area contributed by atoms with Crippen LogP contribution in [0.5, 0.6) is 5.75 Å². The van der Waals surface area contributed by atoms with Crippen LogP contribution in [0, 0.1) is 0 Å². The number of rotatable bonds is 2. The second-order valence-corrected chi connectivity index (χ2v) is 5.06. The number of aromatic nitrogens is 1. The van der Waals surface area contributed by atoms with E-state index in [9.17, 15) is 9.90 Å². The standard InChI is InChI=1S/C14H8Cl2N2O3/c15-12-3-7(4-13(16)18-12)17-10-6-21-11-5-8(19)1-2-9(11)14(10)20/h1-6,19H,(H,17,18). The van der Waals surface area contributed by atoms with Gasteiger partial charge in [-0.25, -0.2) is 4.98 Å².